The summed E-state index contributed by atoms with van der Waals surface area (Å²) in [5.74, 6) is 0.922. The zero-order chi connectivity index (χ0) is 13.2. The summed E-state index contributed by atoms with van der Waals surface area (Å²) < 4.78 is 5.29. The van der Waals surface area contributed by atoms with E-state index in [4.69, 9.17) is 4.74 Å². The Morgan fingerprint density at radius 3 is 3.00 bits per heavy atom. The molecule has 18 heavy (non-hydrogen) atoms. The number of nitrogens with one attached hydrogen (secondary N) is 1. The van der Waals surface area contributed by atoms with E-state index in [1.54, 1.807) is 11.3 Å². The van der Waals surface area contributed by atoms with Crippen molar-refractivity contribution in [2.75, 3.05) is 40.4 Å². The molecule has 1 rings (SSSR count). The van der Waals surface area contributed by atoms with Gasteiger partial charge in [-0.25, -0.2) is 0 Å². The molecule has 4 nitrogen and oxygen atoms in total. The number of rotatable bonds is 7. The number of guanidine groups is 1. The van der Waals surface area contributed by atoms with E-state index in [1.165, 1.54) is 4.88 Å². The van der Waals surface area contributed by atoms with Gasteiger partial charge >= 0.3 is 0 Å². The Bertz CT molecular complexity index is 338. The summed E-state index contributed by atoms with van der Waals surface area (Å²) in [6, 6.07) is 4.26. The Morgan fingerprint density at radius 2 is 2.39 bits per heavy atom. The lowest BCUT2D eigenvalue weighted by atomic mass is 10.3. The van der Waals surface area contributed by atoms with Crippen molar-refractivity contribution in [2.24, 2.45) is 4.99 Å². The molecule has 0 unspecified atom stereocenters. The third-order valence-electron chi connectivity index (χ3n) is 2.58. The van der Waals surface area contributed by atoms with E-state index in [0.717, 1.165) is 32.1 Å². The first-order valence-electron chi connectivity index (χ1n) is 6.29. The van der Waals surface area contributed by atoms with E-state index in [0.29, 0.717) is 6.61 Å². The molecule has 0 fully saturated rings. The molecule has 0 amide bonds. The maximum absolute atomic E-state index is 5.29. The van der Waals surface area contributed by atoms with Crippen LogP contribution in [-0.2, 0) is 11.2 Å². The van der Waals surface area contributed by atoms with E-state index in [9.17, 15) is 0 Å². The minimum absolute atomic E-state index is 0.717. The molecule has 0 radical (unpaired) electrons. The molecule has 0 bridgehead atoms. The van der Waals surface area contributed by atoms with Gasteiger partial charge in [0.05, 0.1) is 6.61 Å². The first-order chi connectivity index (χ1) is 8.77. The van der Waals surface area contributed by atoms with Crippen molar-refractivity contribution < 1.29 is 4.74 Å². The molecule has 1 aromatic heterocycles. The molecular formula is C13H23N3OS. The second-order valence-corrected chi connectivity index (χ2v) is 4.95. The molecule has 0 aromatic carbocycles. The number of likely N-dealkylation sites (N-methyl/N-ethyl adjacent to an activating group) is 1. The fourth-order valence-corrected chi connectivity index (χ4v) is 2.30. The van der Waals surface area contributed by atoms with Crippen molar-refractivity contribution in [3.63, 3.8) is 0 Å². The first kappa shape index (κ1) is 15.0. The van der Waals surface area contributed by atoms with Crippen LogP contribution in [0.25, 0.3) is 0 Å². The average Bonchev–Trinajstić information content (AvgIpc) is 2.89. The number of thiophene rings is 1. The van der Waals surface area contributed by atoms with Gasteiger partial charge in [0.1, 0.15) is 0 Å². The van der Waals surface area contributed by atoms with Crippen LogP contribution in [0.4, 0.5) is 0 Å². The molecule has 0 saturated heterocycles. The van der Waals surface area contributed by atoms with E-state index in [2.05, 4.69) is 39.8 Å². The summed E-state index contributed by atoms with van der Waals surface area (Å²) in [5, 5.41) is 5.40. The Hall–Kier alpha value is -1.07. The average molecular weight is 269 g/mol. The fourth-order valence-electron chi connectivity index (χ4n) is 1.60. The van der Waals surface area contributed by atoms with Crippen molar-refractivity contribution in [1.82, 2.24) is 10.2 Å². The molecule has 0 aliphatic heterocycles. The third kappa shape index (κ3) is 5.51. The fraction of sp³-hybridized carbons (Fsp3) is 0.615. The molecule has 0 aliphatic rings. The molecule has 0 aliphatic carbocycles. The molecule has 0 saturated carbocycles. The minimum atomic E-state index is 0.717. The maximum Gasteiger partial charge on any atom is 0.193 e. The lowest BCUT2D eigenvalue weighted by Crippen LogP contribution is -2.41. The highest BCUT2D eigenvalue weighted by atomic mass is 32.1. The minimum Gasteiger partial charge on any atom is -0.380 e. The van der Waals surface area contributed by atoms with Gasteiger partial charge in [0.25, 0.3) is 0 Å². The van der Waals surface area contributed by atoms with Crippen LogP contribution in [0.3, 0.4) is 0 Å². The summed E-state index contributed by atoms with van der Waals surface area (Å²) in [6.07, 6.45) is 1.06. The van der Waals surface area contributed by atoms with Gasteiger partial charge in [-0.1, -0.05) is 6.07 Å². The van der Waals surface area contributed by atoms with Gasteiger partial charge in [-0.2, -0.15) is 0 Å². The summed E-state index contributed by atoms with van der Waals surface area (Å²) in [6.45, 7) is 5.24. The Morgan fingerprint density at radius 1 is 1.56 bits per heavy atom. The van der Waals surface area contributed by atoms with Gasteiger partial charge in [0, 0.05) is 38.7 Å². The second kappa shape index (κ2) is 8.94. The zero-order valence-corrected chi connectivity index (χ0v) is 12.3. The van der Waals surface area contributed by atoms with Crippen LogP contribution < -0.4 is 5.32 Å². The molecular weight excluding hydrogens is 246 g/mol. The normalized spacial score (nSPS) is 11.6. The van der Waals surface area contributed by atoms with Crippen LogP contribution in [0, 0.1) is 0 Å². The predicted octanol–water partition coefficient (Wildman–Crippen LogP) is 1.83. The molecule has 1 N–H and O–H groups in total. The number of hydrogen-bond donors (Lipinski definition) is 1. The number of ether oxygens (including phenoxy) is 1. The smallest absolute Gasteiger partial charge is 0.193 e. The summed E-state index contributed by atoms with van der Waals surface area (Å²) in [4.78, 5) is 7.82. The monoisotopic (exact) mass is 269 g/mol. The largest absolute Gasteiger partial charge is 0.380 e. The Labute approximate surface area is 114 Å². The predicted molar refractivity (Wildman–Crippen MR) is 78.5 cm³/mol. The standard InChI is InChI=1S/C13H23N3OS/c1-4-17-10-8-15-13(14-2)16(3)9-7-12-6-5-11-18-12/h5-6,11H,4,7-10H2,1-3H3,(H,14,15). The topological polar surface area (TPSA) is 36.9 Å². The summed E-state index contributed by atoms with van der Waals surface area (Å²) >= 11 is 1.80. The highest BCUT2D eigenvalue weighted by Gasteiger charge is 2.05. The van der Waals surface area contributed by atoms with Gasteiger partial charge in [-0.15, -0.1) is 11.3 Å². The van der Waals surface area contributed by atoms with Gasteiger partial charge in [-0.3, -0.25) is 4.99 Å². The Balaban J connectivity index is 2.26. The molecule has 1 aromatic rings. The molecule has 102 valence electrons. The highest BCUT2D eigenvalue weighted by molar-refractivity contribution is 7.09. The van der Waals surface area contributed by atoms with Crippen molar-refractivity contribution in [2.45, 2.75) is 13.3 Å². The SMILES string of the molecule is CCOCCNC(=NC)N(C)CCc1cccs1. The quantitative estimate of drug-likeness (QED) is 0.466. The lowest BCUT2D eigenvalue weighted by Gasteiger charge is -2.21. The summed E-state index contributed by atoms with van der Waals surface area (Å²) in [5.41, 5.74) is 0. The van der Waals surface area contributed by atoms with Gasteiger partial charge < -0.3 is 15.0 Å². The van der Waals surface area contributed by atoms with Crippen LogP contribution in [0.15, 0.2) is 22.5 Å². The van der Waals surface area contributed by atoms with Crippen LogP contribution in [0.2, 0.25) is 0 Å². The Kier molecular flexibility index (Phi) is 7.44. The number of aliphatic imine (C=N–C) groups is 1. The molecule has 1 heterocycles. The highest BCUT2D eigenvalue weighted by Crippen LogP contribution is 2.09. The van der Waals surface area contributed by atoms with Crippen molar-refractivity contribution in [3.8, 4) is 0 Å². The third-order valence-corrected chi connectivity index (χ3v) is 3.52. The van der Waals surface area contributed by atoms with Gasteiger partial charge in [-0.05, 0) is 24.8 Å². The lowest BCUT2D eigenvalue weighted by molar-refractivity contribution is 0.152. The van der Waals surface area contributed by atoms with Crippen LogP contribution in [-0.4, -0.2) is 51.3 Å². The molecule has 5 heteroatoms. The zero-order valence-electron chi connectivity index (χ0n) is 11.5. The van der Waals surface area contributed by atoms with Crippen LogP contribution in [0.5, 0.6) is 0 Å². The first-order valence-corrected chi connectivity index (χ1v) is 7.17. The van der Waals surface area contributed by atoms with Crippen LogP contribution in [0.1, 0.15) is 11.8 Å². The maximum atomic E-state index is 5.29. The van der Waals surface area contributed by atoms with Gasteiger partial charge in [0.15, 0.2) is 5.96 Å². The van der Waals surface area contributed by atoms with Crippen molar-refractivity contribution in [3.05, 3.63) is 22.4 Å². The van der Waals surface area contributed by atoms with E-state index in [-0.39, 0.29) is 0 Å². The molecule has 0 atom stereocenters. The number of hydrogen-bond acceptors (Lipinski definition) is 3. The molecule has 0 spiro atoms. The van der Waals surface area contributed by atoms with E-state index < -0.39 is 0 Å². The van der Waals surface area contributed by atoms with E-state index in [1.807, 2.05) is 14.0 Å². The van der Waals surface area contributed by atoms with Crippen LogP contribution >= 0.6 is 11.3 Å². The van der Waals surface area contributed by atoms with Crippen molar-refractivity contribution in [1.29, 1.82) is 0 Å². The number of nitrogens with zero attached hydrogens (tertiary/aromatic N) is 2. The van der Waals surface area contributed by atoms with Crippen molar-refractivity contribution >= 4 is 17.3 Å². The van der Waals surface area contributed by atoms with E-state index >= 15 is 0 Å². The second-order valence-electron chi connectivity index (χ2n) is 3.92. The summed E-state index contributed by atoms with van der Waals surface area (Å²) in [7, 11) is 3.87. The van der Waals surface area contributed by atoms with Gasteiger partial charge in [0.2, 0.25) is 0 Å².